The molecule has 7 atom stereocenters. The van der Waals surface area contributed by atoms with Crippen molar-refractivity contribution in [3.05, 3.63) is 44.0 Å². The Bertz CT molecular complexity index is 1030. The van der Waals surface area contributed by atoms with Gasteiger partial charge in [-0.3, -0.25) is 20.2 Å². The number of benzene rings is 1. The van der Waals surface area contributed by atoms with Gasteiger partial charge in [0.05, 0.1) is 34.7 Å². The second-order valence-electron chi connectivity index (χ2n) is 11.2. The Kier molecular flexibility index (Phi) is 7.99. The molecular formula is C26H34N2O9. The molecule has 4 rings (SSSR count). The summed E-state index contributed by atoms with van der Waals surface area (Å²) in [6.45, 7) is 6.97. The predicted molar refractivity (Wildman–Crippen MR) is 131 cm³/mol. The normalized spacial score (nSPS) is 30.3. The molecule has 3 fully saturated rings. The number of non-ortho nitro benzene ring substituents is 2. The number of esters is 1. The van der Waals surface area contributed by atoms with Crippen LogP contribution in [0.2, 0.25) is 0 Å². The molecule has 202 valence electrons. The molecule has 0 N–H and O–H groups in total. The van der Waals surface area contributed by atoms with Crippen LogP contribution in [-0.4, -0.2) is 41.3 Å². The topological polar surface area (TPSA) is 148 Å². The maximum absolute atomic E-state index is 12.4. The van der Waals surface area contributed by atoms with E-state index in [2.05, 4.69) is 20.8 Å². The van der Waals surface area contributed by atoms with Crippen LogP contribution in [0.25, 0.3) is 0 Å². The van der Waals surface area contributed by atoms with Gasteiger partial charge in [-0.25, -0.2) is 9.59 Å². The summed E-state index contributed by atoms with van der Waals surface area (Å²) in [6, 6.07) is 2.76. The van der Waals surface area contributed by atoms with Gasteiger partial charge < -0.3 is 14.2 Å². The van der Waals surface area contributed by atoms with Crippen LogP contribution < -0.4 is 0 Å². The Morgan fingerprint density at radius 1 is 0.919 bits per heavy atom. The standard InChI is InChI=1S/C26H34N2O9/c1-14(2)21-5-4-15(3)6-24(21)37-26(30)36-13-18-10-23(18)22-9-17(22)12-35-25(29)16-7-19(27(31)32)11-20(8-16)28(33)34/h7-8,11,14-15,17-18,21-24H,4-6,9-10,12-13H2,1-3H3/t15-,17+,18+,21+,22-,23+,24-/m1/s1. The van der Waals surface area contributed by atoms with Crippen LogP contribution in [0.4, 0.5) is 16.2 Å². The Hall–Kier alpha value is -3.24. The van der Waals surface area contributed by atoms with Crippen molar-refractivity contribution in [1.82, 2.24) is 0 Å². The van der Waals surface area contributed by atoms with E-state index in [9.17, 15) is 29.8 Å². The van der Waals surface area contributed by atoms with E-state index in [4.69, 9.17) is 14.2 Å². The Labute approximate surface area is 215 Å². The number of carbonyl (C=O) groups is 2. The van der Waals surface area contributed by atoms with Gasteiger partial charge in [-0.2, -0.15) is 0 Å². The van der Waals surface area contributed by atoms with E-state index in [1.807, 2.05) is 0 Å². The molecule has 3 aliphatic rings. The Balaban J connectivity index is 1.18. The molecule has 11 heteroatoms. The lowest BCUT2D eigenvalue weighted by Crippen LogP contribution is -2.36. The fraction of sp³-hybridized carbons (Fsp3) is 0.692. The quantitative estimate of drug-likeness (QED) is 0.221. The summed E-state index contributed by atoms with van der Waals surface area (Å²) in [7, 11) is 0. The number of hydrogen-bond donors (Lipinski definition) is 0. The van der Waals surface area contributed by atoms with E-state index in [1.165, 1.54) is 0 Å². The fourth-order valence-electron chi connectivity index (χ4n) is 5.75. The summed E-state index contributed by atoms with van der Waals surface area (Å²) in [5.41, 5.74) is -1.30. The first kappa shape index (κ1) is 26.8. The zero-order chi connectivity index (χ0) is 26.9. The number of rotatable bonds is 10. The van der Waals surface area contributed by atoms with Gasteiger partial charge >= 0.3 is 12.1 Å². The number of carbonyl (C=O) groups excluding carboxylic acids is 2. The van der Waals surface area contributed by atoms with Crippen molar-refractivity contribution < 1.29 is 33.6 Å². The molecule has 0 bridgehead atoms. The second kappa shape index (κ2) is 11.0. The highest BCUT2D eigenvalue weighted by atomic mass is 16.7. The maximum Gasteiger partial charge on any atom is 0.508 e. The number of hydrogen-bond acceptors (Lipinski definition) is 9. The zero-order valence-corrected chi connectivity index (χ0v) is 21.4. The van der Waals surface area contributed by atoms with Crippen molar-refractivity contribution in [1.29, 1.82) is 0 Å². The van der Waals surface area contributed by atoms with Gasteiger partial charge in [0.15, 0.2) is 0 Å². The first-order valence-corrected chi connectivity index (χ1v) is 13.0. The SMILES string of the molecule is CC(C)[C@@H]1CC[C@@H](C)C[C@H]1OC(=O)OC[C@@H]1C[C@@H]1[C@@H]1C[C@H]1COC(=O)c1cc([N+](=O)[O-])cc([N+](=O)[O-])c1. The summed E-state index contributed by atoms with van der Waals surface area (Å²) >= 11 is 0. The van der Waals surface area contributed by atoms with E-state index >= 15 is 0 Å². The van der Waals surface area contributed by atoms with E-state index in [1.54, 1.807) is 0 Å². The molecule has 0 aliphatic heterocycles. The Morgan fingerprint density at radius 3 is 2.03 bits per heavy atom. The molecule has 0 spiro atoms. The number of nitro groups is 2. The highest BCUT2D eigenvalue weighted by Crippen LogP contribution is 2.58. The molecule has 3 saturated carbocycles. The van der Waals surface area contributed by atoms with Crippen LogP contribution in [0, 0.1) is 61.7 Å². The highest BCUT2D eigenvalue weighted by molar-refractivity contribution is 5.91. The van der Waals surface area contributed by atoms with Crippen LogP contribution in [-0.2, 0) is 14.2 Å². The predicted octanol–water partition coefficient (Wildman–Crippen LogP) is 5.55. The largest absolute Gasteiger partial charge is 0.508 e. The average Bonchev–Trinajstić information content (AvgIpc) is 3.75. The van der Waals surface area contributed by atoms with Gasteiger partial charge in [-0.05, 0) is 67.1 Å². The van der Waals surface area contributed by atoms with Crippen LogP contribution in [0.1, 0.15) is 63.2 Å². The summed E-state index contributed by atoms with van der Waals surface area (Å²) in [5, 5.41) is 22.0. The maximum atomic E-state index is 12.4. The van der Waals surface area contributed by atoms with E-state index in [0.717, 1.165) is 50.3 Å². The highest BCUT2D eigenvalue weighted by Gasteiger charge is 2.54. The lowest BCUT2D eigenvalue weighted by atomic mass is 9.75. The van der Waals surface area contributed by atoms with E-state index in [-0.39, 0.29) is 30.1 Å². The van der Waals surface area contributed by atoms with Crippen molar-refractivity contribution in [2.24, 2.45) is 41.4 Å². The van der Waals surface area contributed by atoms with Crippen LogP contribution in [0.3, 0.4) is 0 Å². The molecule has 0 saturated heterocycles. The average molecular weight is 519 g/mol. The van der Waals surface area contributed by atoms with Gasteiger partial charge in [0.1, 0.15) is 6.10 Å². The fourth-order valence-corrected chi connectivity index (χ4v) is 5.75. The third-order valence-corrected chi connectivity index (χ3v) is 8.12. The van der Waals surface area contributed by atoms with Crippen LogP contribution in [0.5, 0.6) is 0 Å². The number of nitrogens with zero attached hydrogens (tertiary/aromatic N) is 2. The summed E-state index contributed by atoms with van der Waals surface area (Å²) in [6.07, 6.45) is 4.22. The second-order valence-corrected chi connectivity index (χ2v) is 11.2. The molecule has 37 heavy (non-hydrogen) atoms. The molecule has 11 nitrogen and oxygen atoms in total. The summed E-state index contributed by atoms with van der Waals surface area (Å²) in [4.78, 5) is 45.2. The van der Waals surface area contributed by atoms with Gasteiger partial charge in [0.2, 0.25) is 0 Å². The van der Waals surface area contributed by atoms with Gasteiger partial charge in [-0.1, -0.05) is 27.2 Å². The minimum absolute atomic E-state index is 0.0961. The van der Waals surface area contributed by atoms with Crippen molar-refractivity contribution in [3.63, 3.8) is 0 Å². The van der Waals surface area contributed by atoms with Gasteiger partial charge in [-0.15, -0.1) is 0 Å². The number of ether oxygens (including phenoxy) is 3. The van der Waals surface area contributed by atoms with E-state index < -0.39 is 33.3 Å². The van der Waals surface area contributed by atoms with Crippen molar-refractivity contribution in [2.75, 3.05) is 13.2 Å². The van der Waals surface area contributed by atoms with Gasteiger partial charge in [0, 0.05) is 12.1 Å². The van der Waals surface area contributed by atoms with Crippen LogP contribution >= 0.6 is 0 Å². The lowest BCUT2D eigenvalue weighted by Gasteiger charge is -2.36. The molecule has 0 amide bonds. The molecule has 0 aromatic heterocycles. The smallest absolute Gasteiger partial charge is 0.462 e. The molecule has 0 radical (unpaired) electrons. The van der Waals surface area contributed by atoms with Gasteiger partial charge in [0.25, 0.3) is 11.4 Å². The third kappa shape index (κ3) is 6.75. The first-order valence-electron chi connectivity index (χ1n) is 13.0. The van der Waals surface area contributed by atoms with Crippen molar-refractivity contribution in [2.45, 2.75) is 59.0 Å². The first-order chi connectivity index (χ1) is 17.5. The Morgan fingerprint density at radius 2 is 1.49 bits per heavy atom. The molecule has 1 aromatic rings. The minimum atomic E-state index is -0.826. The van der Waals surface area contributed by atoms with E-state index in [0.29, 0.717) is 36.2 Å². The third-order valence-electron chi connectivity index (χ3n) is 8.12. The monoisotopic (exact) mass is 518 g/mol. The molecular weight excluding hydrogens is 484 g/mol. The minimum Gasteiger partial charge on any atom is -0.462 e. The number of nitro benzene ring substituents is 2. The van der Waals surface area contributed by atoms with Crippen LogP contribution in [0.15, 0.2) is 18.2 Å². The lowest BCUT2D eigenvalue weighted by molar-refractivity contribution is -0.394. The molecule has 0 heterocycles. The molecule has 3 aliphatic carbocycles. The summed E-state index contributed by atoms with van der Waals surface area (Å²) < 4.78 is 16.4. The summed E-state index contributed by atoms with van der Waals surface area (Å²) in [5.74, 6) is 1.71. The molecule has 0 unspecified atom stereocenters. The molecule has 1 aromatic carbocycles. The van der Waals surface area contributed by atoms with Crippen molar-refractivity contribution in [3.8, 4) is 0 Å². The zero-order valence-electron chi connectivity index (χ0n) is 21.4. The van der Waals surface area contributed by atoms with Crippen molar-refractivity contribution >= 4 is 23.5 Å².